The summed E-state index contributed by atoms with van der Waals surface area (Å²) < 4.78 is 1.39. The maximum Gasteiger partial charge on any atom is 0.0442 e. The lowest BCUT2D eigenvalue weighted by Gasteiger charge is -2.30. The third kappa shape index (κ3) is 1.70. The van der Waals surface area contributed by atoms with Crippen LogP contribution < -0.4 is 5.32 Å². The Morgan fingerprint density at radius 2 is 1.86 bits per heavy atom. The van der Waals surface area contributed by atoms with E-state index in [0.29, 0.717) is 0 Å². The van der Waals surface area contributed by atoms with Gasteiger partial charge in [-0.2, -0.15) is 0 Å². The van der Waals surface area contributed by atoms with Crippen molar-refractivity contribution < 1.29 is 0 Å². The first-order chi connectivity index (χ1) is 6.78. The molecule has 76 valence electrons. The van der Waals surface area contributed by atoms with E-state index in [1.165, 1.54) is 34.8 Å². The molecule has 1 aromatic rings. The van der Waals surface area contributed by atoms with E-state index in [0.717, 1.165) is 0 Å². The van der Waals surface area contributed by atoms with Crippen molar-refractivity contribution in [3.8, 4) is 0 Å². The van der Waals surface area contributed by atoms with Gasteiger partial charge in [-0.1, -0.05) is 31.0 Å². The molecule has 0 unspecified atom stereocenters. The Labute approximate surface area is 99.4 Å². The summed E-state index contributed by atoms with van der Waals surface area (Å²) in [5.74, 6) is 0. The largest absolute Gasteiger partial charge is 0.310 e. The quantitative estimate of drug-likeness (QED) is 0.827. The molecule has 0 heterocycles. The van der Waals surface area contributed by atoms with E-state index in [-0.39, 0.29) is 5.54 Å². The van der Waals surface area contributed by atoms with E-state index in [4.69, 9.17) is 0 Å². The number of halogens is 1. The maximum atomic E-state index is 3.53. The Kier molecular flexibility index (Phi) is 3.12. The van der Waals surface area contributed by atoms with Gasteiger partial charge in [0.2, 0.25) is 0 Å². The second-order valence-corrected chi connectivity index (χ2v) is 5.18. The van der Waals surface area contributed by atoms with Crippen molar-refractivity contribution in [3.05, 3.63) is 33.4 Å². The van der Waals surface area contributed by atoms with Crippen molar-refractivity contribution >= 4 is 22.6 Å². The summed E-state index contributed by atoms with van der Waals surface area (Å²) in [5, 5.41) is 3.53. The first kappa shape index (κ1) is 10.4. The predicted octanol–water partition coefficient (Wildman–Crippen LogP) is 3.28. The van der Waals surface area contributed by atoms with Crippen molar-refractivity contribution in [3.63, 3.8) is 0 Å². The van der Waals surface area contributed by atoms with Crippen LogP contribution in [0.5, 0.6) is 0 Å². The molecule has 1 aromatic carbocycles. The van der Waals surface area contributed by atoms with E-state index < -0.39 is 0 Å². The van der Waals surface area contributed by atoms with Crippen LogP contribution in [0.1, 0.15) is 31.2 Å². The molecule has 1 nitrogen and oxygen atoms in total. The summed E-state index contributed by atoms with van der Waals surface area (Å²) in [4.78, 5) is 0. The van der Waals surface area contributed by atoms with Gasteiger partial charge in [0, 0.05) is 9.11 Å². The third-order valence-corrected chi connectivity index (χ3v) is 4.27. The highest BCUT2D eigenvalue weighted by Crippen LogP contribution is 2.39. The lowest BCUT2D eigenvalue weighted by molar-refractivity contribution is 0.370. The molecule has 1 aliphatic rings. The van der Waals surface area contributed by atoms with Crippen LogP contribution in [0.4, 0.5) is 0 Å². The molecular weight excluding hydrogens is 285 g/mol. The van der Waals surface area contributed by atoms with Gasteiger partial charge in [0.1, 0.15) is 0 Å². The molecule has 0 bridgehead atoms. The van der Waals surface area contributed by atoms with Gasteiger partial charge < -0.3 is 5.32 Å². The summed E-state index contributed by atoms with van der Waals surface area (Å²) in [7, 11) is 2.09. The highest BCUT2D eigenvalue weighted by atomic mass is 127. The number of nitrogens with one attached hydrogen (secondary N) is 1. The first-order valence-electron chi connectivity index (χ1n) is 5.22. The molecule has 0 saturated heterocycles. The molecule has 2 rings (SSSR count). The molecular formula is C12H16IN. The molecule has 0 atom stereocenters. The second kappa shape index (κ2) is 4.19. The Morgan fingerprint density at radius 3 is 2.43 bits per heavy atom. The maximum absolute atomic E-state index is 3.53. The SMILES string of the molecule is CNC1(c2ccccc2I)CCCC1. The van der Waals surface area contributed by atoms with Gasteiger partial charge in [0.25, 0.3) is 0 Å². The van der Waals surface area contributed by atoms with E-state index in [1.807, 2.05) is 0 Å². The smallest absolute Gasteiger partial charge is 0.0442 e. The monoisotopic (exact) mass is 301 g/mol. The van der Waals surface area contributed by atoms with Crippen LogP contribution in [0, 0.1) is 3.57 Å². The molecule has 2 heteroatoms. The lowest BCUT2D eigenvalue weighted by atomic mass is 9.88. The third-order valence-electron chi connectivity index (χ3n) is 3.33. The van der Waals surface area contributed by atoms with Gasteiger partial charge in [-0.3, -0.25) is 0 Å². The molecule has 0 amide bonds. The summed E-state index contributed by atoms with van der Waals surface area (Å²) in [6.45, 7) is 0. The van der Waals surface area contributed by atoms with Crippen molar-refractivity contribution in [2.45, 2.75) is 31.2 Å². The van der Waals surface area contributed by atoms with Crippen LogP contribution in [-0.4, -0.2) is 7.05 Å². The molecule has 0 radical (unpaired) electrons. The molecule has 1 N–H and O–H groups in total. The van der Waals surface area contributed by atoms with Crippen LogP contribution in [0.2, 0.25) is 0 Å². The van der Waals surface area contributed by atoms with Crippen molar-refractivity contribution in [2.75, 3.05) is 7.05 Å². The van der Waals surface area contributed by atoms with Crippen LogP contribution in [-0.2, 0) is 5.54 Å². The van der Waals surface area contributed by atoms with E-state index in [2.05, 4.69) is 59.2 Å². The average molecular weight is 301 g/mol. The fourth-order valence-corrected chi connectivity index (χ4v) is 3.39. The van der Waals surface area contributed by atoms with Gasteiger partial charge in [-0.15, -0.1) is 0 Å². The number of benzene rings is 1. The summed E-state index contributed by atoms with van der Waals surface area (Å²) in [6.07, 6.45) is 5.27. The first-order valence-corrected chi connectivity index (χ1v) is 6.30. The van der Waals surface area contributed by atoms with Gasteiger partial charge in [-0.25, -0.2) is 0 Å². The minimum Gasteiger partial charge on any atom is -0.310 e. The zero-order valence-corrected chi connectivity index (χ0v) is 10.7. The van der Waals surface area contributed by atoms with Crippen LogP contribution >= 0.6 is 22.6 Å². The lowest BCUT2D eigenvalue weighted by Crippen LogP contribution is -2.37. The Morgan fingerprint density at radius 1 is 1.21 bits per heavy atom. The standard InChI is InChI=1S/C12H16IN/c1-14-12(8-4-5-9-12)10-6-2-3-7-11(10)13/h2-3,6-7,14H,4-5,8-9H2,1H3. The normalized spacial score (nSPS) is 19.9. The minimum atomic E-state index is 0.262. The molecule has 1 aliphatic carbocycles. The van der Waals surface area contributed by atoms with E-state index in [9.17, 15) is 0 Å². The highest BCUT2D eigenvalue weighted by molar-refractivity contribution is 14.1. The van der Waals surface area contributed by atoms with Gasteiger partial charge >= 0.3 is 0 Å². The Hall–Kier alpha value is -0.0900. The fraction of sp³-hybridized carbons (Fsp3) is 0.500. The van der Waals surface area contributed by atoms with E-state index in [1.54, 1.807) is 0 Å². The zero-order chi connectivity index (χ0) is 10.0. The zero-order valence-electron chi connectivity index (χ0n) is 8.52. The molecule has 0 aliphatic heterocycles. The highest BCUT2D eigenvalue weighted by Gasteiger charge is 2.34. The summed E-state index contributed by atoms with van der Waals surface area (Å²) in [5.41, 5.74) is 1.75. The average Bonchev–Trinajstić information content (AvgIpc) is 2.68. The number of hydrogen-bond donors (Lipinski definition) is 1. The summed E-state index contributed by atoms with van der Waals surface area (Å²) in [6, 6.07) is 8.73. The minimum absolute atomic E-state index is 0.262. The van der Waals surface area contributed by atoms with Gasteiger partial charge in [-0.05, 0) is 54.1 Å². The fourth-order valence-electron chi connectivity index (χ4n) is 2.48. The van der Waals surface area contributed by atoms with Gasteiger partial charge in [0.15, 0.2) is 0 Å². The van der Waals surface area contributed by atoms with Crippen LogP contribution in [0.15, 0.2) is 24.3 Å². The molecule has 1 saturated carbocycles. The van der Waals surface area contributed by atoms with E-state index >= 15 is 0 Å². The van der Waals surface area contributed by atoms with Crippen molar-refractivity contribution in [2.24, 2.45) is 0 Å². The number of rotatable bonds is 2. The topological polar surface area (TPSA) is 12.0 Å². The van der Waals surface area contributed by atoms with Crippen molar-refractivity contribution in [1.82, 2.24) is 5.32 Å². The van der Waals surface area contributed by atoms with Crippen molar-refractivity contribution in [1.29, 1.82) is 0 Å². The predicted molar refractivity (Wildman–Crippen MR) is 68.4 cm³/mol. The van der Waals surface area contributed by atoms with Crippen LogP contribution in [0.25, 0.3) is 0 Å². The Balaban J connectivity index is 2.41. The van der Waals surface area contributed by atoms with Gasteiger partial charge in [0.05, 0.1) is 0 Å². The van der Waals surface area contributed by atoms with Crippen LogP contribution in [0.3, 0.4) is 0 Å². The molecule has 14 heavy (non-hydrogen) atoms. The second-order valence-electron chi connectivity index (χ2n) is 4.02. The summed E-state index contributed by atoms with van der Waals surface area (Å²) >= 11 is 2.44. The Bertz CT molecular complexity index is 316. The molecule has 1 fully saturated rings. The molecule has 0 spiro atoms. The number of hydrogen-bond acceptors (Lipinski definition) is 1. The molecule has 0 aromatic heterocycles.